The number of nitrogens with two attached hydrogens (primary N) is 1. The van der Waals surface area contributed by atoms with Gasteiger partial charge in [-0.15, -0.1) is 0 Å². The van der Waals surface area contributed by atoms with Crippen molar-refractivity contribution in [1.29, 1.82) is 0 Å². The molecule has 2 rings (SSSR count). The zero-order valence-corrected chi connectivity index (χ0v) is 12.5. The molecule has 0 spiro atoms. The van der Waals surface area contributed by atoms with Crippen molar-refractivity contribution in [3.05, 3.63) is 64.7 Å². The molecular formula is C18H23NO. The van der Waals surface area contributed by atoms with Crippen LogP contribution in [0, 0.1) is 13.8 Å². The average molecular weight is 269 g/mol. The van der Waals surface area contributed by atoms with Gasteiger partial charge in [0.05, 0.1) is 7.11 Å². The molecule has 1 unspecified atom stereocenters. The molecule has 0 fully saturated rings. The highest BCUT2D eigenvalue weighted by Crippen LogP contribution is 2.17. The maximum absolute atomic E-state index is 6.31. The van der Waals surface area contributed by atoms with Gasteiger partial charge in [0.1, 0.15) is 5.75 Å². The van der Waals surface area contributed by atoms with E-state index >= 15 is 0 Å². The van der Waals surface area contributed by atoms with Gasteiger partial charge in [0.2, 0.25) is 0 Å². The lowest BCUT2D eigenvalue weighted by Crippen LogP contribution is -2.26. The van der Waals surface area contributed by atoms with Gasteiger partial charge in [-0.25, -0.2) is 0 Å². The summed E-state index contributed by atoms with van der Waals surface area (Å²) in [6, 6.07) is 14.7. The summed E-state index contributed by atoms with van der Waals surface area (Å²) in [6.07, 6.45) is 1.81. The maximum Gasteiger partial charge on any atom is 0.118 e. The molecule has 106 valence electrons. The molecule has 2 aromatic rings. The van der Waals surface area contributed by atoms with E-state index < -0.39 is 0 Å². The second-order valence-corrected chi connectivity index (χ2v) is 5.39. The van der Waals surface area contributed by atoms with E-state index in [2.05, 4.69) is 44.2 Å². The number of rotatable bonds is 5. The van der Waals surface area contributed by atoms with Crippen LogP contribution in [0.4, 0.5) is 0 Å². The monoisotopic (exact) mass is 269 g/mol. The third kappa shape index (κ3) is 3.61. The summed E-state index contributed by atoms with van der Waals surface area (Å²) >= 11 is 0. The number of ether oxygens (including phenoxy) is 1. The molecule has 0 aliphatic rings. The molecule has 2 aromatic carbocycles. The Morgan fingerprint density at radius 2 is 1.55 bits per heavy atom. The van der Waals surface area contributed by atoms with E-state index in [-0.39, 0.29) is 6.04 Å². The Kier molecular flexibility index (Phi) is 4.80. The van der Waals surface area contributed by atoms with Crippen LogP contribution >= 0.6 is 0 Å². The second kappa shape index (κ2) is 6.58. The van der Waals surface area contributed by atoms with Crippen LogP contribution < -0.4 is 10.5 Å². The van der Waals surface area contributed by atoms with E-state index in [9.17, 15) is 0 Å². The Morgan fingerprint density at radius 1 is 0.950 bits per heavy atom. The molecule has 1 atom stereocenters. The lowest BCUT2D eigenvalue weighted by Gasteiger charge is -2.16. The molecule has 20 heavy (non-hydrogen) atoms. The fourth-order valence-corrected chi connectivity index (χ4v) is 2.57. The molecule has 0 aliphatic carbocycles. The number of aryl methyl sites for hydroxylation is 2. The molecular weight excluding hydrogens is 246 g/mol. The Hall–Kier alpha value is -1.80. The van der Waals surface area contributed by atoms with Crippen LogP contribution in [0.2, 0.25) is 0 Å². The van der Waals surface area contributed by atoms with Crippen LogP contribution in [-0.2, 0) is 12.8 Å². The van der Waals surface area contributed by atoms with Crippen molar-refractivity contribution in [1.82, 2.24) is 0 Å². The highest BCUT2D eigenvalue weighted by molar-refractivity contribution is 5.34. The lowest BCUT2D eigenvalue weighted by molar-refractivity contribution is 0.414. The van der Waals surface area contributed by atoms with E-state index in [1.165, 1.54) is 22.3 Å². The third-order valence-electron chi connectivity index (χ3n) is 3.77. The Balaban J connectivity index is 2.03. The molecule has 0 saturated carbocycles. The number of hydrogen-bond acceptors (Lipinski definition) is 2. The molecule has 0 radical (unpaired) electrons. The predicted molar refractivity (Wildman–Crippen MR) is 84.3 cm³/mol. The molecule has 0 aromatic heterocycles. The first-order valence-corrected chi connectivity index (χ1v) is 7.03. The SMILES string of the molecule is COc1ccc(CC(N)Cc2c(C)cccc2C)cc1. The van der Waals surface area contributed by atoms with Crippen LogP contribution in [0.3, 0.4) is 0 Å². The summed E-state index contributed by atoms with van der Waals surface area (Å²) in [4.78, 5) is 0. The molecule has 0 saturated heterocycles. The molecule has 0 amide bonds. The Bertz CT molecular complexity index is 540. The van der Waals surface area contributed by atoms with Gasteiger partial charge in [-0.3, -0.25) is 0 Å². The minimum Gasteiger partial charge on any atom is -0.497 e. The van der Waals surface area contributed by atoms with E-state index in [1.54, 1.807) is 7.11 Å². The zero-order chi connectivity index (χ0) is 14.5. The van der Waals surface area contributed by atoms with Crippen molar-refractivity contribution in [3.8, 4) is 5.75 Å². The van der Waals surface area contributed by atoms with Gasteiger partial charge in [0.25, 0.3) is 0 Å². The molecule has 0 heterocycles. The van der Waals surface area contributed by atoms with Gasteiger partial charge in [-0.2, -0.15) is 0 Å². The predicted octanol–water partition coefficient (Wildman–Crippen LogP) is 3.42. The number of methoxy groups -OCH3 is 1. The van der Waals surface area contributed by atoms with Gasteiger partial charge >= 0.3 is 0 Å². The normalized spacial score (nSPS) is 12.2. The third-order valence-corrected chi connectivity index (χ3v) is 3.77. The molecule has 2 heteroatoms. The fraction of sp³-hybridized carbons (Fsp3) is 0.333. The highest BCUT2D eigenvalue weighted by Gasteiger charge is 2.09. The summed E-state index contributed by atoms with van der Waals surface area (Å²) in [5, 5.41) is 0. The van der Waals surface area contributed by atoms with Crippen molar-refractivity contribution in [2.75, 3.05) is 7.11 Å². The van der Waals surface area contributed by atoms with Crippen LogP contribution in [0.1, 0.15) is 22.3 Å². The Morgan fingerprint density at radius 3 is 2.10 bits per heavy atom. The van der Waals surface area contributed by atoms with E-state index in [0.717, 1.165) is 18.6 Å². The van der Waals surface area contributed by atoms with Crippen LogP contribution in [-0.4, -0.2) is 13.2 Å². The first kappa shape index (κ1) is 14.6. The molecule has 2 N–H and O–H groups in total. The van der Waals surface area contributed by atoms with Gasteiger partial charge in [-0.05, 0) is 61.1 Å². The molecule has 2 nitrogen and oxygen atoms in total. The average Bonchev–Trinajstić information content (AvgIpc) is 2.44. The standard InChI is InChI=1S/C18H23NO/c1-13-5-4-6-14(2)18(13)12-16(19)11-15-7-9-17(20-3)10-8-15/h4-10,16H,11-12,19H2,1-3H3. The van der Waals surface area contributed by atoms with E-state index in [0.29, 0.717) is 0 Å². The number of benzene rings is 2. The first-order chi connectivity index (χ1) is 9.60. The van der Waals surface area contributed by atoms with Gasteiger partial charge < -0.3 is 10.5 Å². The van der Waals surface area contributed by atoms with Crippen LogP contribution in [0.15, 0.2) is 42.5 Å². The van der Waals surface area contributed by atoms with Gasteiger partial charge in [0.15, 0.2) is 0 Å². The van der Waals surface area contributed by atoms with E-state index in [4.69, 9.17) is 10.5 Å². The zero-order valence-electron chi connectivity index (χ0n) is 12.5. The lowest BCUT2D eigenvalue weighted by atomic mass is 9.94. The minimum absolute atomic E-state index is 0.142. The topological polar surface area (TPSA) is 35.2 Å². The summed E-state index contributed by atoms with van der Waals surface area (Å²) < 4.78 is 5.17. The maximum atomic E-state index is 6.31. The summed E-state index contributed by atoms with van der Waals surface area (Å²) in [7, 11) is 1.68. The summed E-state index contributed by atoms with van der Waals surface area (Å²) in [5.74, 6) is 0.886. The minimum atomic E-state index is 0.142. The fourth-order valence-electron chi connectivity index (χ4n) is 2.57. The van der Waals surface area contributed by atoms with Crippen molar-refractivity contribution in [3.63, 3.8) is 0 Å². The smallest absolute Gasteiger partial charge is 0.118 e. The Labute approximate surface area is 121 Å². The summed E-state index contributed by atoms with van der Waals surface area (Å²) in [5.41, 5.74) is 11.6. The van der Waals surface area contributed by atoms with Gasteiger partial charge in [0, 0.05) is 6.04 Å². The molecule has 0 bridgehead atoms. The van der Waals surface area contributed by atoms with Crippen molar-refractivity contribution in [2.24, 2.45) is 5.73 Å². The van der Waals surface area contributed by atoms with E-state index in [1.807, 2.05) is 12.1 Å². The second-order valence-electron chi connectivity index (χ2n) is 5.39. The highest BCUT2D eigenvalue weighted by atomic mass is 16.5. The quantitative estimate of drug-likeness (QED) is 0.902. The van der Waals surface area contributed by atoms with Crippen molar-refractivity contribution in [2.45, 2.75) is 32.7 Å². The van der Waals surface area contributed by atoms with Crippen molar-refractivity contribution < 1.29 is 4.74 Å². The van der Waals surface area contributed by atoms with Gasteiger partial charge in [-0.1, -0.05) is 30.3 Å². The van der Waals surface area contributed by atoms with Crippen LogP contribution in [0.5, 0.6) is 5.75 Å². The van der Waals surface area contributed by atoms with Crippen molar-refractivity contribution >= 4 is 0 Å². The molecule has 0 aliphatic heterocycles. The largest absolute Gasteiger partial charge is 0.497 e. The number of hydrogen-bond donors (Lipinski definition) is 1. The first-order valence-electron chi connectivity index (χ1n) is 7.03. The summed E-state index contributed by atoms with van der Waals surface area (Å²) in [6.45, 7) is 4.31. The van der Waals surface area contributed by atoms with Crippen LogP contribution in [0.25, 0.3) is 0 Å².